The van der Waals surface area contributed by atoms with Gasteiger partial charge >= 0.3 is 0 Å². The van der Waals surface area contributed by atoms with E-state index in [1.165, 1.54) is 38.5 Å². The molecular formula is C17H29ClN2O. The van der Waals surface area contributed by atoms with Gasteiger partial charge in [0.2, 0.25) is 5.91 Å². The monoisotopic (exact) mass is 312 g/mol. The molecule has 4 saturated carbocycles. The molecule has 4 bridgehead atoms. The van der Waals surface area contributed by atoms with Crippen molar-refractivity contribution in [3.8, 4) is 0 Å². The van der Waals surface area contributed by atoms with E-state index < -0.39 is 0 Å². The topological polar surface area (TPSA) is 46.3 Å². The van der Waals surface area contributed by atoms with Gasteiger partial charge in [0.25, 0.3) is 0 Å². The maximum atomic E-state index is 13.3. The minimum Gasteiger partial charge on any atom is -0.339 e. The molecule has 4 aliphatic carbocycles. The van der Waals surface area contributed by atoms with Gasteiger partial charge in [-0.2, -0.15) is 0 Å². The third kappa shape index (κ3) is 2.41. The second kappa shape index (κ2) is 5.42. The van der Waals surface area contributed by atoms with E-state index in [1.54, 1.807) is 0 Å². The number of nitrogens with zero attached hydrogens (tertiary/aromatic N) is 1. The third-order valence-corrected chi connectivity index (χ3v) is 6.75. The number of rotatable bonds is 2. The highest BCUT2D eigenvalue weighted by Crippen LogP contribution is 2.60. The first kappa shape index (κ1) is 15.6. The van der Waals surface area contributed by atoms with E-state index in [2.05, 4.69) is 11.8 Å². The summed E-state index contributed by atoms with van der Waals surface area (Å²) >= 11 is 0. The lowest BCUT2D eigenvalue weighted by Crippen LogP contribution is -2.55. The standard InChI is InChI=1S/C17H28N2O.ClH/c1-11-2-15(9-18)10-19(11)16(20)17-6-12-3-13(7-17)5-14(4-12)8-17;/h11-15H,2-10,18H2,1H3;1H. The Morgan fingerprint density at radius 2 is 1.62 bits per heavy atom. The lowest BCUT2D eigenvalue weighted by Gasteiger charge is -2.56. The van der Waals surface area contributed by atoms with Crippen LogP contribution in [-0.4, -0.2) is 29.9 Å². The van der Waals surface area contributed by atoms with Crippen molar-refractivity contribution in [2.24, 2.45) is 34.8 Å². The number of carbonyl (C=O) groups excluding carboxylic acids is 1. The van der Waals surface area contributed by atoms with Gasteiger partial charge in [-0.3, -0.25) is 4.79 Å². The summed E-state index contributed by atoms with van der Waals surface area (Å²) in [5.41, 5.74) is 5.86. The van der Waals surface area contributed by atoms with Crippen LogP contribution in [0.4, 0.5) is 0 Å². The number of halogens is 1. The van der Waals surface area contributed by atoms with Crippen molar-refractivity contribution in [2.75, 3.05) is 13.1 Å². The summed E-state index contributed by atoms with van der Waals surface area (Å²) in [5.74, 6) is 3.60. The molecule has 0 aromatic carbocycles. The van der Waals surface area contributed by atoms with Crippen molar-refractivity contribution >= 4 is 18.3 Å². The molecule has 21 heavy (non-hydrogen) atoms. The predicted molar refractivity (Wildman–Crippen MR) is 86.2 cm³/mol. The SMILES string of the molecule is CC1CC(CN)CN1C(=O)C12CC3CC(CC(C3)C1)C2.Cl. The molecule has 0 radical (unpaired) electrons. The largest absolute Gasteiger partial charge is 0.339 e. The van der Waals surface area contributed by atoms with Gasteiger partial charge in [0, 0.05) is 12.6 Å². The molecule has 1 aliphatic heterocycles. The van der Waals surface area contributed by atoms with Crippen LogP contribution in [0.5, 0.6) is 0 Å². The second-order valence-electron chi connectivity index (χ2n) is 8.34. The molecule has 2 unspecified atom stereocenters. The smallest absolute Gasteiger partial charge is 0.229 e. The maximum absolute atomic E-state index is 13.3. The van der Waals surface area contributed by atoms with Crippen molar-refractivity contribution in [3.63, 3.8) is 0 Å². The van der Waals surface area contributed by atoms with E-state index in [4.69, 9.17) is 5.73 Å². The molecule has 4 heteroatoms. The van der Waals surface area contributed by atoms with Gasteiger partial charge in [0.15, 0.2) is 0 Å². The van der Waals surface area contributed by atoms with Crippen molar-refractivity contribution in [2.45, 2.75) is 57.9 Å². The minimum atomic E-state index is 0. The number of nitrogens with two attached hydrogens (primary N) is 1. The van der Waals surface area contributed by atoms with Gasteiger partial charge in [0.1, 0.15) is 0 Å². The van der Waals surface area contributed by atoms with Gasteiger partial charge in [0.05, 0.1) is 5.41 Å². The van der Waals surface area contributed by atoms with Gasteiger partial charge < -0.3 is 10.6 Å². The van der Waals surface area contributed by atoms with Crippen LogP contribution in [0.15, 0.2) is 0 Å². The summed E-state index contributed by atoms with van der Waals surface area (Å²) in [4.78, 5) is 15.5. The fourth-order valence-electron chi connectivity index (χ4n) is 6.27. The Labute approximate surface area is 134 Å². The van der Waals surface area contributed by atoms with Crippen molar-refractivity contribution in [3.05, 3.63) is 0 Å². The summed E-state index contributed by atoms with van der Waals surface area (Å²) in [7, 11) is 0. The maximum Gasteiger partial charge on any atom is 0.229 e. The lowest BCUT2D eigenvalue weighted by molar-refractivity contribution is -0.158. The van der Waals surface area contributed by atoms with E-state index in [-0.39, 0.29) is 17.8 Å². The van der Waals surface area contributed by atoms with Gasteiger partial charge in [-0.25, -0.2) is 0 Å². The highest BCUT2D eigenvalue weighted by Gasteiger charge is 2.56. The molecule has 5 fully saturated rings. The van der Waals surface area contributed by atoms with Crippen molar-refractivity contribution in [1.29, 1.82) is 0 Å². The van der Waals surface area contributed by atoms with E-state index in [9.17, 15) is 4.79 Å². The summed E-state index contributed by atoms with van der Waals surface area (Å²) in [6.07, 6.45) is 8.90. The molecular weight excluding hydrogens is 284 g/mol. The third-order valence-electron chi connectivity index (χ3n) is 6.75. The van der Waals surface area contributed by atoms with Crippen molar-refractivity contribution < 1.29 is 4.79 Å². The summed E-state index contributed by atoms with van der Waals surface area (Å²) < 4.78 is 0. The predicted octanol–water partition coefficient (Wildman–Crippen LogP) is 2.82. The van der Waals surface area contributed by atoms with E-state index in [1.807, 2.05) is 0 Å². The van der Waals surface area contributed by atoms with E-state index >= 15 is 0 Å². The molecule has 1 heterocycles. The van der Waals surface area contributed by atoms with Crippen LogP contribution < -0.4 is 5.73 Å². The number of likely N-dealkylation sites (tertiary alicyclic amines) is 1. The molecule has 0 spiro atoms. The van der Waals surface area contributed by atoms with Gasteiger partial charge in [-0.05, 0) is 82.1 Å². The van der Waals surface area contributed by atoms with Crippen LogP contribution in [0.2, 0.25) is 0 Å². The number of carbonyl (C=O) groups is 1. The van der Waals surface area contributed by atoms with E-state index in [0.29, 0.717) is 17.9 Å². The summed E-state index contributed by atoms with van der Waals surface area (Å²) in [6, 6.07) is 0.407. The Morgan fingerprint density at radius 3 is 2.05 bits per heavy atom. The molecule has 120 valence electrons. The van der Waals surface area contributed by atoms with Crippen LogP contribution >= 0.6 is 12.4 Å². The fourth-order valence-corrected chi connectivity index (χ4v) is 6.27. The molecule has 3 nitrogen and oxygen atoms in total. The highest BCUT2D eigenvalue weighted by atomic mass is 35.5. The molecule has 1 amide bonds. The van der Waals surface area contributed by atoms with Gasteiger partial charge in [-0.15, -0.1) is 12.4 Å². The zero-order valence-electron chi connectivity index (χ0n) is 13.1. The lowest BCUT2D eigenvalue weighted by atomic mass is 9.49. The van der Waals surface area contributed by atoms with Crippen LogP contribution in [0.1, 0.15) is 51.9 Å². The minimum absolute atomic E-state index is 0. The Balaban J connectivity index is 0.00000132. The fraction of sp³-hybridized carbons (Fsp3) is 0.941. The Morgan fingerprint density at radius 1 is 1.10 bits per heavy atom. The van der Waals surface area contributed by atoms with Crippen molar-refractivity contribution in [1.82, 2.24) is 4.90 Å². The van der Waals surface area contributed by atoms with E-state index in [0.717, 1.165) is 37.3 Å². The summed E-state index contributed by atoms with van der Waals surface area (Å²) in [6.45, 7) is 3.86. The molecule has 1 saturated heterocycles. The van der Waals surface area contributed by atoms with Crippen LogP contribution in [-0.2, 0) is 4.79 Å². The first-order valence-corrected chi connectivity index (χ1v) is 8.61. The molecule has 0 aromatic rings. The molecule has 2 atom stereocenters. The van der Waals surface area contributed by atoms with Gasteiger partial charge in [-0.1, -0.05) is 0 Å². The first-order chi connectivity index (χ1) is 9.59. The number of hydrogen-bond donors (Lipinski definition) is 1. The Bertz CT molecular complexity index is 390. The second-order valence-corrected chi connectivity index (χ2v) is 8.34. The number of hydrogen-bond acceptors (Lipinski definition) is 2. The molecule has 5 aliphatic rings. The quantitative estimate of drug-likeness (QED) is 0.852. The van der Waals surface area contributed by atoms with Crippen LogP contribution in [0.3, 0.4) is 0 Å². The Kier molecular flexibility index (Phi) is 4.03. The highest BCUT2D eigenvalue weighted by molar-refractivity contribution is 5.85. The molecule has 2 N–H and O–H groups in total. The first-order valence-electron chi connectivity index (χ1n) is 8.61. The zero-order valence-corrected chi connectivity index (χ0v) is 13.9. The summed E-state index contributed by atoms with van der Waals surface area (Å²) in [5, 5.41) is 0. The average Bonchev–Trinajstić information content (AvgIpc) is 2.77. The molecule has 0 aromatic heterocycles. The van der Waals surface area contributed by atoms with Crippen LogP contribution in [0, 0.1) is 29.1 Å². The van der Waals surface area contributed by atoms with Crippen LogP contribution in [0.25, 0.3) is 0 Å². The molecule has 5 rings (SSSR count). The number of amides is 1. The zero-order chi connectivity index (χ0) is 13.9. The Hall–Kier alpha value is -0.280. The average molecular weight is 313 g/mol. The normalized spacial score (nSPS) is 47.5.